The molecule has 1 unspecified atom stereocenters. The van der Waals surface area contributed by atoms with Gasteiger partial charge in [-0.15, -0.1) is 0 Å². The second-order valence-corrected chi connectivity index (χ2v) is 5.76. The molecule has 3 nitrogen and oxygen atoms in total. The average Bonchev–Trinajstić information content (AvgIpc) is 2.94. The van der Waals surface area contributed by atoms with Crippen molar-refractivity contribution >= 4 is 17.5 Å². The van der Waals surface area contributed by atoms with E-state index in [4.69, 9.17) is 17.3 Å². The van der Waals surface area contributed by atoms with Gasteiger partial charge in [0, 0.05) is 35.3 Å². The molecule has 1 heterocycles. The first-order chi connectivity index (χ1) is 10.1. The highest BCUT2D eigenvalue weighted by molar-refractivity contribution is 6.33. The third-order valence-corrected chi connectivity index (χ3v) is 4.16. The summed E-state index contributed by atoms with van der Waals surface area (Å²) in [4.78, 5) is 14.2. The molecule has 2 aromatic carbocycles. The summed E-state index contributed by atoms with van der Waals surface area (Å²) >= 11 is 6.19. The molecule has 0 bridgehead atoms. The molecule has 2 N–H and O–H groups in total. The van der Waals surface area contributed by atoms with Gasteiger partial charge in [0.15, 0.2) is 0 Å². The van der Waals surface area contributed by atoms with Crippen LogP contribution in [0, 0.1) is 0 Å². The molecule has 1 aliphatic rings. The van der Waals surface area contributed by atoms with Crippen LogP contribution in [0.3, 0.4) is 0 Å². The number of carbonyl (C=O) groups excluding carboxylic acids is 1. The van der Waals surface area contributed by atoms with Gasteiger partial charge in [-0.25, -0.2) is 0 Å². The highest BCUT2D eigenvalue weighted by Crippen LogP contribution is 2.27. The molecular weight excluding hydrogens is 284 g/mol. The van der Waals surface area contributed by atoms with Crippen molar-refractivity contribution in [3.63, 3.8) is 0 Å². The van der Waals surface area contributed by atoms with Gasteiger partial charge in [-0.1, -0.05) is 41.9 Å². The van der Waals surface area contributed by atoms with E-state index in [2.05, 4.69) is 0 Å². The van der Waals surface area contributed by atoms with Crippen LogP contribution < -0.4 is 5.73 Å². The quantitative estimate of drug-likeness (QED) is 0.926. The van der Waals surface area contributed by atoms with Crippen molar-refractivity contribution in [3.05, 3.63) is 59.1 Å². The normalized spacial score (nSPS) is 18.0. The first-order valence-electron chi connectivity index (χ1n) is 7.05. The van der Waals surface area contributed by atoms with Crippen LogP contribution in [0.25, 0.3) is 11.1 Å². The Kier molecular flexibility index (Phi) is 3.95. The van der Waals surface area contributed by atoms with E-state index in [1.165, 1.54) is 0 Å². The molecule has 2 aromatic rings. The number of carbonyl (C=O) groups is 1. The number of hydrogen-bond donors (Lipinski definition) is 1. The van der Waals surface area contributed by atoms with Crippen molar-refractivity contribution in [2.45, 2.75) is 12.5 Å². The Morgan fingerprint density at radius 3 is 2.48 bits per heavy atom. The number of rotatable bonds is 2. The molecule has 4 heteroatoms. The highest BCUT2D eigenvalue weighted by atomic mass is 35.5. The molecule has 0 saturated carbocycles. The maximum atomic E-state index is 12.4. The minimum absolute atomic E-state index is 0.0497. The van der Waals surface area contributed by atoms with Gasteiger partial charge >= 0.3 is 0 Å². The average molecular weight is 301 g/mol. The van der Waals surface area contributed by atoms with Gasteiger partial charge in [-0.2, -0.15) is 0 Å². The van der Waals surface area contributed by atoms with E-state index in [9.17, 15) is 4.79 Å². The first-order valence-corrected chi connectivity index (χ1v) is 7.43. The van der Waals surface area contributed by atoms with Crippen molar-refractivity contribution in [1.29, 1.82) is 0 Å². The third kappa shape index (κ3) is 2.94. The van der Waals surface area contributed by atoms with Crippen LogP contribution in [-0.2, 0) is 0 Å². The molecule has 1 amide bonds. The van der Waals surface area contributed by atoms with Gasteiger partial charge < -0.3 is 10.6 Å². The molecular formula is C17H17ClN2O. The fraction of sp³-hybridized carbons (Fsp3) is 0.235. The van der Waals surface area contributed by atoms with Crippen LogP contribution in [0.5, 0.6) is 0 Å². The van der Waals surface area contributed by atoms with Crippen molar-refractivity contribution in [2.24, 2.45) is 5.73 Å². The molecule has 0 aliphatic carbocycles. The molecule has 1 aliphatic heterocycles. The summed E-state index contributed by atoms with van der Waals surface area (Å²) in [7, 11) is 0. The zero-order valence-electron chi connectivity index (χ0n) is 11.6. The van der Waals surface area contributed by atoms with Gasteiger partial charge in [0.25, 0.3) is 5.91 Å². The number of likely N-dealkylation sites (tertiary alicyclic amines) is 1. The van der Waals surface area contributed by atoms with E-state index in [0.717, 1.165) is 24.1 Å². The second-order valence-electron chi connectivity index (χ2n) is 5.36. The van der Waals surface area contributed by atoms with E-state index in [1.807, 2.05) is 53.4 Å². The summed E-state index contributed by atoms with van der Waals surface area (Å²) in [5.41, 5.74) is 8.53. The summed E-state index contributed by atoms with van der Waals surface area (Å²) in [6.07, 6.45) is 0.878. The maximum Gasteiger partial charge on any atom is 0.253 e. The van der Waals surface area contributed by atoms with Crippen LogP contribution in [0.1, 0.15) is 16.8 Å². The molecule has 3 rings (SSSR count). The Balaban J connectivity index is 1.81. The van der Waals surface area contributed by atoms with E-state index < -0.39 is 0 Å². The minimum Gasteiger partial charge on any atom is -0.337 e. The predicted octanol–water partition coefficient (Wildman–Crippen LogP) is 3.18. The molecule has 0 aromatic heterocycles. The monoisotopic (exact) mass is 300 g/mol. The Morgan fingerprint density at radius 2 is 1.86 bits per heavy atom. The number of benzene rings is 2. The Morgan fingerprint density at radius 1 is 1.14 bits per heavy atom. The third-order valence-electron chi connectivity index (χ3n) is 3.83. The molecule has 0 radical (unpaired) electrons. The van der Waals surface area contributed by atoms with Crippen LogP contribution >= 0.6 is 11.6 Å². The van der Waals surface area contributed by atoms with E-state index >= 15 is 0 Å². The minimum atomic E-state index is 0.0497. The summed E-state index contributed by atoms with van der Waals surface area (Å²) in [5.74, 6) is 0.0497. The summed E-state index contributed by atoms with van der Waals surface area (Å²) < 4.78 is 0. The summed E-state index contributed by atoms with van der Waals surface area (Å²) in [5, 5.41) is 0.710. The van der Waals surface area contributed by atoms with Gasteiger partial charge in [0.05, 0.1) is 0 Å². The predicted molar refractivity (Wildman–Crippen MR) is 85.4 cm³/mol. The zero-order valence-corrected chi connectivity index (χ0v) is 12.4. The molecule has 108 valence electrons. The number of amides is 1. The van der Waals surface area contributed by atoms with Crippen molar-refractivity contribution in [3.8, 4) is 11.1 Å². The molecule has 1 fully saturated rings. The van der Waals surface area contributed by atoms with Crippen LogP contribution in [0.4, 0.5) is 0 Å². The van der Waals surface area contributed by atoms with Crippen LogP contribution in [0.15, 0.2) is 48.5 Å². The van der Waals surface area contributed by atoms with Crippen molar-refractivity contribution in [1.82, 2.24) is 4.90 Å². The zero-order chi connectivity index (χ0) is 14.8. The fourth-order valence-electron chi connectivity index (χ4n) is 2.64. The number of hydrogen-bond acceptors (Lipinski definition) is 2. The molecule has 0 spiro atoms. The van der Waals surface area contributed by atoms with Crippen LogP contribution in [-0.4, -0.2) is 29.9 Å². The lowest BCUT2D eigenvalue weighted by Crippen LogP contribution is -2.31. The number of halogens is 1. The standard InChI is InChI=1S/C17H17ClN2O/c18-16-4-2-1-3-15(16)12-5-7-13(8-6-12)17(21)20-10-9-14(19)11-20/h1-8,14H,9-11,19H2. The van der Waals surface area contributed by atoms with Crippen molar-refractivity contribution < 1.29 is 4.79 Å². The SMILES string of the molecule is NC1CCN(C(=O)c2ccc(-c3ccccc3Cl)cc2)C1. The maximum absolute atomic E-state index is 12.4. The van der Waals surface area contributed by atoms with Crippen molar-refractivity contribution in [2.75, 3.05) is 13.1 Å². The highest BCUT2D eigenvalue weighted by Gasteiger charge is 2.24. The second kappa shape index (κ2) is 5.88. The smallest absolute Gasteiger partial charge is 0.253 e. The largest absolute Gasteiger partial charge is 0.337 e. The first kappa shape index (κ1) is 14.1. The molecule has 1 saturated heterocycles. The van der Waals surface area contributed by atoms with Crippen LogP contribution in [0.2, 0.25) is 5.02 Å². The lowest BCUT2D eigenvalue weighted by Gasteiger charge is -2.16. The molecule has 1 atom stereocenters. The summed E-state index contributed by atoms with van der Waals surface area (Å²) in [6, 6.07) is 15.4. The lowest BCUT2D eigenvalue weighted by atomic mass is 10.0. The van der Waals surface area contributed by atoms with E-state index in [1.54, 1.807) is 0 Å². The summed E-state index contributed by atoms with van der Waals surface area (Å²) in [6.45, 7) is 1.39. The Bertz CT molecular complexity index is 654. The Labute approximate surface area is 129 Å². The Hall–Kier alpha value is -1.84. The van der Waals surface area contributed by atoms with Gasteiger partial charge in [-0.3, -0.25) is 4.79 Å². The topological polar surface area (TPSA) is 46.3 Å². The van der Waals surface area contributed by atoms with Gasteiger partial charge in [0.2, 0.25) is 0 Å². The van der Waals surface area contributed by atoms with Gasteiger partial charge in [-0.05, 0) is 30.2 Å². The fourth-order valence-corrected chi connectivity index (χ4v) is 2.89. The molecule has 21 heavy (non-hydrogen) atoms. The van der Waals surface area contributed by atoms with Gasteiger partial charge in [0.1, 0.15) is 0 Å². The van der Waals surface area contributed by atoms with E-state index in [-0.39, 0.29) is 11.9 Å². The lowest BCUT2D eigenvalue weighted by molar-refractivity contribution is 0.0791. The number of nitrogens with two attached hydrogens (primary N) is 1. The number of nitrogens with zero attached hydrogens (tertiary/aromatic N) is 1. The van der Waals surface area contributed by atoms with E-state index in [0.29, 0.717) is 17.1 Å².